The van der Waals surface area contributed by atoms with Gasteiger partial charge in [0.25, 0.3) is 5.92 Å². The fourth-order valence-corrected chi connectivity index (χ4v) is 4.18. The van der Waals surface area contributed by atoms with E-state index in [1.54, 1.807) is 23.2 Å². The molecule has 0 spiro atoms. The lowest BCUT2D eigenvalue weighted by Gasteiger charge is -2.33. The number of piperidine rings is 1. The van der Waals surface area contributed by atoms with Gasteiger partial charge in [0.1, 0.15) is 5.82 Å². The molecule has 0 saturated carbocycles. The van der Waals surface area contributed by atoms with Crippen molar-refractivity contribution in [2.45, 2.75) is 25.2 Å². The van der Waals surface area contributed by atoms with Gasteiger partial charge in [-0.1, -0.05) is 17.1 Å². The Kier molecular flexibility index (Phi) is 5.91. The van der Waals surface area contributed by atoms with Gasteiger partial charge in [-0.3, -0.25) is 10.3 Å². The van der Waals surface area contributed by atoms with Gasteiger partial charge in [0.15, 0.2) is 0 Å². The van der Waals surface area contributed by atoms with Gasteiger partial charge in [0.05, 0.1) is 29.3 Å². The molecule has 7 nitrogen and oxygen atoms in total. The van der Waals surface area contributed by atoms with Crippen LogP contribution in [0, 0.1) is 17.1 Å². The Bertz CT molecular complexity index is 1400. The summed E-state index contributed by atoms with van der Waals surface area (Å²) >= 11 is 0. The summed E-state index contributed by atoms with van der Waals surface area (Å²) in [6.07, 6.45) is 1.52. The average Bonchev–Trinajstić information content (AvgIpc) is 3.29. The average molecular weight is 479 g/mol. The number of rotatable bonds is 6. The summed E-state index contributed by atoms with van der Waals surface area (Å²) in [7, 11) is 0. The van der Waals surface area contributed by atoms with Crippen molar-refractivity contribution in [3.63, 3.8) is 0 Å². The lowest BCUT2D eigenvalue weighted by Crippen LogP contribution is -2.39. The van der Waals surface area contributed by atoms with Crippen molar-refractivity contribution in [1.29, 1.82) is 5.26 Å². The summed E-state index contributed by atoms with van der Waals surface area (Å²) in [5, 5.41) is 16.2. The second-order valence-corrected chi connectivity index (χ2v) is 8.49. The number of aromatic nitrogens is 3. The van der Waals surface area contributed by atoms with Crippen molar-refractivity contribution < 1.29 is 18.2 Å². The number of anilines is 5. The maximum absolute atomic E-state index is 14.9. The second-order valence-electron chi connectivity index (χ2n) is 8.49. The molecule has 1 aliphatic rings. The summed E-state index contributed by atoms with van der Waals surface area (Å²) in [5.74, 6) is -2.23. The summed E-state index contributed by atoms with van der Waals surface area (Å²) in [6, 6.07) is 16.1. The minimum Gasteiger partial charge on any atom is -0.369 e. The Morgan fingerprint density at radius 2 is 1.89 bits per heavy atom. The largest absolute Gasteiger partial charge is 0.369 e. The number of nitrogens with zero attached hydrogens (tertiary/aromatic N) is 3. The van der Waals surface area contributed by atoms with Crippen LogP contribution in [0.5, 0.6) is 0 Å². The zero-order chi connectivity index (χ0) is 24.4. The predicted octanol–water partition coefficient (Wildman–Crippen LogP) is 5.30. The van der Waals surface area contributed by atoms with Crippen LogP contribution < -0.4 is 20.5 Å². The molecule has 4 aromatic rings. The number of alkyl halides is 2. The van der Waals surface area contributed by atoms with Crippen LogP contribution in [0.3, 0.4) is 0 Å². The van der Waals surface area contributed by atoms with Gasteiger partial charge < -0.3 is 10.2 Å². The van der Waals surface area contributed by atoms with Gasteiger partial charge in [-0.05, 0) is 35.9 Å². The SMILES string of the molecule is N#CCc1cccc(Nc2nc(Nc3ccc(N4CCC(F)(F)CC4)c(F)c3)[nH+]c3[nH]ccc23)c1. The molecule has 4 N–H and O–H groups in total. The Morgan fingerprint density at radius 3 is 2.66 bits per heavy atom. The van der Waals surface area contributed by atoms with Crippen molar-refractivity contribution in [2.24, 2.45) is 0 Å². The predicted molar refractivity (Wildman–Crippen MR) is 128 cm³/mol. The van der Waals surface area contributed by atoms with Crippen molar-refractivity contribution in [1.82, 2.24) is 9.97 Å². The first-order chi connectivity index (χ1) is 16.9. The fraction of sp³-hybridized carbons (Fsp3) is 0.240. The van der Waals surface area contributed by atoms with Crippen LogP contribution in [0.1, 0.15) is 18.4 Å². The third kappa shape index (κ3) is 4.99. The summed E-state index contributed by atoms with van der Waals surface area (Å²) in [6.45, 7) is 0.222. The van der Waals surface area contributed by atoms with E-state index in [2.05, 4.69) is 31.7 Å². The number of aromatic amines is 2. The first kappa shape index (κ1) is 22.5. The highest BCUT2D eigenvalue weighted by Crippen LogP contribution is 2.33. The van der Waals surface area contributed by atoms with E-state index in [9.17, 15) is 13.2 Å². The fourth-order valence-electron chi connectivity index (χ4n) is 4.18. The van der Waals surface area contributed by atoms with E-state index in [-0.39, 0.29) is 25.9 Å². The maximum Gasteiger partial charge on any atom is 0.351 e. The molecule has 1 saturated heterocycles. The number of halogens is 3. The molecule has 0 radical (unpaired) electrons. The van der Waals surface area contributed by atoms with Gasteiger partial charge in [-0.15, -0.1) is 0 Å². The zero-order valence-electron chi connectivity index (χ0n) is 18.7. The van der Waals surface area contributed by atoms with Gasteiger partial charge in [0.2, 0.25) is 11.5 Å². The number of nitriles is 1. The van der Waals surface area contributed by atoms with E-state index < -0.39 is 11.7 Å². The zero-order valence-corrected chi connectivity index (χ0v) is 18.7. The van der Waals surface area contributed by atoms with Crippen LogP contribution >= 0.6 is 0 Å². The van der Waals surface area contributed by atoms with Crippen LogP contribution in [-0.2, 0) is 6.42 Å². The molecule has 10 heteroatoms. The van der Waals surface area contributed by atoms with Gasteiger partial charge in [0, 0.05) is 43.9 Å². The summed E-state index contributed by atoms with van der Waals surface area (Å²) < 4.78 is 41.8. The number of H-pyrrole nitrogens is 2. The highest BCUT2D eigenvalue weighted by atomic mass is 19.3. The highest BCUT2D eigenvalue weighted by molar-refractivity contribution is 5.88. The third-order valence-electron chi connectivity index (χ3n) is 5.99. The highest BCUT2D eigenvalue weighted by Gasteiger charge is 2.34. The number of hydrogen-bond donors (Lipinski definition) is 3. The molecular weight excluding hydrogens is 455 g/mol. The smallest absolute Gasteiger partial charge is 0.351 e. The first-order valence-corrected chi connectivity index (χ1v) is 11.2. The molecule has 0 unspecified atom stereocenters. The van der Waals surface area contributed by atoms with E-state index in [1.165, 1.54) is 6.07 Å². The standard InChI is InChI=1S/C25H22F3N7/c26-20-15-18(4-5-21(20)35-12-8-25(27,28)9-13-35)32-24-33-22-19(7-11-30-22)23(34-24)31-17-3-1-2-16(14-17)6-10-29/h1-5,7,11,14-15H,6,8-9,12-13H2,(H3,30,31,32,33,34)/p+1. The van der Waals surface area contributed by atoms with Gasteiger partial charge in [-0.2, -0.15) is 5.26 Å². The van der Waals surface area contributed by atoms with Gasteiger partial charge in [-0.25, -0.2) is 18.2 Å². The van der Waals surface area contributed by atoms with Crippen LogP contribution in [0.4, 0.5) is 42.0 Å². The van der Waals surface area contributed by atoms with E-state index in [0.717, 1.165) is 16.6 Å². The van der Waals surface area contributed by atoms with Crippen LogP contribution in [0.2, 0.25) is 0 Å². The molecule has 2 aromatic carbocycles. The first-order valence-electron chi connectivity index (χ1n) is 11.2. The van der Waals surface area contributed by atoms with E-state index in [1.807, 2.05) is 30.3 Å². The number of fused-ring (bicyclic) bond motifs is 1. The lowest BCUT2D eigenvalue weighted by atomic mass is 10.1. The maximum atomic E-state index is 14.9. The monoisotopic (exact) mass is 478 g/mol. The molecule has 0 bridgehead atoms. The topological polar surface area (TPSA) is 93.9 Å². The number of benzene rings is 2. The molecule has 1 aliphatic heterocycles. The Hall–Kier alpha value is -4.26. The molecule has 35 heavy (non-hydrogen) atoms. The Labute approximate surface area is 199 Å². The molecule has 5 rings (SSSR count). The van der Waals surface area contributed by atoms with Crippen molar-refractivity contribution in [3.05, 3.63) is 66.1 Å². The molecular formula is C25H23F3N7+. The molecule has 178 valence electrons. The van der Waals surface area contributed by atoms with Crippen LogP contribution in [-0.4, -0.2) is 29.0 Å². The van der Waals surface area contributed by atoms with Crippen LogP contribution in [0.15, 0.2) is 54.7 Å². The number of hydrogen-bond acceptors (Lipinski definition) is 5. The molecule has 0 amide bonds. The second kappa shape index (κ2) is 9.18. The van der Waals surface area contributed by atoms with Crippen LogP contribution in [0.25, 0.3) is 11.0 Å². The molecule has 3 heterocycles. The molecule has 0 aliphatic carbocycles. The Balaban J connectivity index is 1.38. The van der Waals surface area contributed by atoms with E-state index >= 15 is 0 Å². The lowest BCUT2D eigenvalue weighted by molar-refractivity contribution is -0.333. The minimum atomic E-state index is -2.69. The summed E-state index contributed by atoms with van der Waals surface area (Å²) in [4.78, 5) is 12.5. The third-order valence-corrected chi connectivity index (χ3v) is 5.99. The van der Waals surface area contributed by atoms with Crippen molar-refractivity contribution in [2.75, 3.05) is 28.6 Å². The molecule has 0 atom stereocenters. The number of nitrogens with one attached hydrogen (secondary N) is 4. The van der Waals surface area contributed by atoms with Gasteiger partial charge >= 0.3 is 5.95 Å². The van der Waals surface area contributed by atoms with E-state index in [4.69, 9.17) is 5.26 Å². The Morgan fingerprint density at radius 1 is 1.09 bits per heavy atom. The molecule has 1 fully saturated rings. The molecule has 2 aromatic heterocycles. The van der Waals surface area contributed by atoms with Crippen molar-refractivity contribution in [3.8, 4) is 6.07 Å². The quantitative estimate of drug-likeness (QED) is 0.349. The normalized spacial score (nSPS) is 15.1. The van der Waals surface area contributed by atoms with Crippen molar-refractivity contribution >= 4 is 39.9 Å². The van der Waals surface area contributed by atoms with E-state index in [0.29, 0.717) is 35.2 Å². The summed E-state index contributed by atoms with van der Waals surface area (Å²) in [5.41, 5.74) is 3.15. The minimum absolute atomic E-state index is 0.111.